The molecule has 2 heterocycles. The van der Waals surface area contributed by atoms with Gasteiger partial charge in [0.25, 0.3) is 0 Å². The highest BCUT2D eigenvalue weighted by molar-refractivity contribution is 5.82. The van der Waals surface area contributed by atoms with Gasteiger partial charge < -0.3 is 24.4 Å². The number of nitrogens with one attached hydrogen (secondary N) is 1. The first kappa shape index (κ1) is 28.8. The minimum absolute atomic E-state index is 0.188. The molecule has 6 rings (SSSR count). The highest BCUT2D eigenvalue weighted by Gasteiger charge is 2.39. The Hall–Kier alpha value is -4.33. The largest absolute Gasteiger partial charge is 0.493 e. The summed E-state index contributed by atoms with van der Waals surface area (Å²) in [6.45, 7) is 3.53. The molecule has 0 radical (unpaired) electrons. The summed E-state index contributed by atoms with van der Waals surface area (Å²) in [4.78, 5) is 18.5. The van der Waals surface area contributed by atoms with Gasteiger partial charge in [-0.1, -0.05) is 60.7 Å². The highest BCUT2D eigenvalue weighted by atomic mass is 16.5. The zero-order valence-electron chi connectivity index (χ0n) is 24.9. The zero-order chi connectivity index (χ0) is 29.6. The van der Waals surface area contributed by atoms with Crippen molar-refractivity contribution in [3.63, 3.8) is 0 Å². The number of nitrogens with zero attached hydrogens (tertiary/aromatic N) is 2. The molecule has 2 aliphatic heterocycles. The van der Waals surface area contributed by atoms with Crippen LogP contribution in [0.4, 0.5) is 0 Å². The number of fused-ring (bicyclic) bond motifs is 1. The molecule has 7 heteroatoms. The van der Waals surface area contributed by atoms with Gasteiger partial charge in [-0.2, -0.15) is 0 Å². The third kappa shape index (κ3) is 6.85. The van der Waals surface area contributed by atoms with Gasteiger partial charge in [-0.05, 0) is 71.5 Å². The van der Waals surface area contributed by atoms with Crippen LogP contribution in [0.2, 0.25) is 0 Å². The molecule has 4 aromatic rings. The summed E-state index contributed by atoms with van der Waals surface area (Å²) in [6.07, 6.45) is 1.57. The maximum atomic E-state index is 14.1. The standard InChI is InChI=1S/C36H39N3O4/c1-41-34-19-28-16-17-38(24-29(28)20-35(34)42-2)36(40)33-21-30(25-39(33)23-26-10-5-3-6-11-26)37-22-27-12-9-15-32(18-27)43-31-13-7-4-8-14-31/h3-15,18-20,30,33,37H,16-17,21-25H2,1-2H3/t30-,33-/m0/s1. The van der Waals surface area contributed by atoms with E-state index in [1.54, 1.807) is 14.2 Å². The summed E-state index contributed by atoms with van der Waals surface area (Å²) in [5.41, 5.74) is 4.70. The van der Waals surface area contributed by atoms with Gasteiger partial charge in [0.1, 0.15) is 11.5 Å². The minimum Gasteiger partial charge on any atom is -0.493 e. The van der Waals surface area contributed by atoms with Crippen LogP contribution in [0.1, 0.15) is 28.7 Å². The maximum absolute atomic E-state index is 14.1. The first-order valence-corrected chi connectivity index (χ1v) is 15.0. The molecule has 43 heavy (non-hydrogen) atoms. The topological polar surface area (TPSA) is 63.3 Å². The monoisotopic (exact) mass is 577 g/mol. The molecule has 0 spiro atoms. The molecule has 0 saturated carbocycles. The van der Waals surface area contributed by atoms with E-state index in [2.05, 4.69) is 46.6 Å². The van der Waals surface area contributed by atoms with Crippen molar-refractivity contribution in [2.24, 2.45) is 0 Å². The second-order valence-electron chi connectivity index (χ2n) is 11.3. The number of para-hydroxylation sites is 1. The summed E-state index contributed by atoms with van der Waals surface area (Å²) < 4.78 is 17.1. The Bertz CT molecular complexity index is 1530. The fourth-order valence-electron chi connectivity index (χ4n) is 6.19. The predicted octanol–water partition coefficient (Wildman–Crippen LogP) is 5.81. The number of hydrogen-bond acceptors (Lipinski definition) is 6. The Morgan fingerprint density at radius 3 is 2.23 bits per heavy atom. The van der Waals surface area contributed by atoms with Crippen LogP contribution >= 0.6 is 0 Å². The molecule has 7 nitrogen and oxygen atoms in total. The Balaban J connectivity index is 1.14. The van der Waals surface area contributed by atoms with Crippen LogP contribution in [0.3, 0.4) is 0 Å². The second-order valence-corrected chi connectivity index (χ2v) is 11.3. The van der Waals surface area contributed by atoms with Crippen LogP contribution in [0.15, 0.2) is 97.1 Å². The van der Waals surface area contributed by atoms with Crippen molar-refractivity contribution >= 4 is 5.91 Å². The molecule has 0 aromatic heterocycles. The van der Waals surface area contributed by atoms with Gasteiger partial charge in [0, 0.05) is 38.8 Å². The third-order valence-corrected chi connectivity index (χ3v) is 8.42. The lowest BCUT2D eigenvalue weighted by atomic mass is 9.98. The van der Waals surface area contributed by atoms with E-state index >= 15 is 0 Å². The van der Waals surface area contributed by atoms with Crippen molar-refractivity contribution < 1.29 is 19.0 Å². The Kier molecular flexibility index (Phi) is 8.91. The van der Waals surface area contributed by atoms with E-state index in [-0.39, 0.29) is 18.0 Å². The van der Waals surface area contributed by atoms with Crippen LogP contribution in [0.5, 0.6) is 23.0 Å². The van der Waals surface area contributed by atoms with E-state index in [0.717, 1.165) is 54.3 Å². The predicted molar refractivity (Wildman–Crippen MR) is 168 cm³/mol. The number of carbonyl (C=O) groups is 1. The SMILES string of the molecule is COc1cc2c(cc1OC)CN(C(=O)[C@@H]1C[C@H](NCc3cccc(Oc4ccccc4)c3)CN1Cc1ccccc1)CC2. The van der Waals surface area contributed by atoms with Crippen molar-refractivity contribution in [3.05, 3.63) is 119 Å². The molecule has 1 fully saturated rings. The van der Waals surface area contributed by atoms with Crippen molar-refractivity contribution in [2.75, 3.05) is 27.3 Å². The molecule has 1 saturated heterocycles. The van der Waals surface area contributed by atoms with E-state index in [4.69, 9.17) is 14.2 Å². The van der Waals surface area contributed by atoms with Crippen molar-refractivity contribution in [1.29, 1.82) is 0 Å². The Labute approximate surface area is 254 Å². The fourth-order valence-corrected chi connectivity index (χ4v) is 6.19. The lowest BCUT2D eigenvalue weighted by Crippen LogP contribution is -2.47. The molecule has 222 valence electrons. The van der Waals surface area contributed by atoms with Crippen LogP contribution in [0.25, 0.3) is 0 Å². The van der Waals surface area contributed by atoms with E-state index in [0.29, 0.717) is 25.4 Å². The normalized spacial score (nSPS) is 18.2. The molecule has 1 N–H and O–H groups in total. The van der Waals surface area contributed by atoms with E-state index in [9.17, 15) is 4.79 Å². The third-order valence-electron chi connectivity index (χ3n) is 8.42. The molecule has 0 bridgehead atoms. The van der Waals surface area contributed by atoms with Crippen LogP contribution < -0.4 is 19.5 Å². The number of amides is 1. The highest BCUT2D eigenvalue weighted by Crippen LogP contribution is 2.34. The molecule has 4 aromatic carbocycles. The van der Waals surface area contributed by atoms with Gasteiger partial charge in [0.05, 0.1) is 20.3 Å². The van der Waals surface area contributed by atoms with Gasteiger partial charge in [0.2, 0.25) is 5.91 Å². The van der Waals surface area contributed by atoms with Gasteiger partial charge in [-0.25, -0.2) is 0 Å². The molecular weight excluding hydrogens is 538 g/mol. The molecule has 2 atom stereocenters. The van der Waals surface area contributed by atoms with E-state index < -0.39 is 0 Å². The number of benzene rings is 4. The summed E-state index contributed by atoms with van der Waals surface area (Å²) in [5, 5.41) is 3.74. The molecular formula is C36H39N3O4. The number of ether oxygens (including phenoxy) is 3. The van der Waals surface area contributed by atoms with Crippen molar-refractivity contribution in [2.45, 2.75) is 44.6 Å². The van der Waals surface area contributed by atoms with Crippen LogP contribution in [0, 0.1) is 0 Å². The van der Waals surface area contributed by atoms with Gasteiger partial charge in [-0.3, -0.25) is 9.69 Å². The number of rotatable bonds is 10. The number of carbonyl (C=O) groups excluding carboxylic acids is 1. The number of likely N-dealkylation sites (tertiary alicyclic amines) is 1. The lowest BCUT2D eigenvalue weighted by Gasteiger charge is -2.34. The smallest absolute Gasteiger partial charge is 0.240 e. The van der Waals surface area contributed by atoms with Gasteiger partial charge in [0.15, 0.2) is 11.5 Å². The minimum atomic E-state index is -0.188. The molecule has 1 amide bonds. The average Bonchev–Trinajstić information content (AvgIpc) is 3.45. The molecule has 0 aliphatic carbocycles. The summed E-state index contributed by atoms with van der Waals surface area (Å²) in [5.74, 6) is 3.26. The second kappa shape index (κ2) is 13.3. The van der Waals surface area contributed by atoms with Crippen molar-refractivity contribution in [1.82, 2.24) is 15.1 Å². The van der Waals surface area contributed by atoms with Gasteiger partial charge in [-0.15, -0.1) is 0 Å². The Morgan fingerprint density at radius 1 is 0.814 bits per heavy atom. The lowest BCUT2D eigenvalue weighted by molar-refractivity contribution is -0.137. The van der Waals surface area contributed by atoms with Crippen LogP contribution in [-0.2, 0) is 30.8 Å². The first-order valence-electron chi connectivity index (χ1n) is 15.0. The van der Waals surface area contributed by atoms with E-state index in [1.807, 2.05) is 65.6 Å². The quantitative estimate of drug-likeness (QED) is 0.257. The van der Waals surface area contributed by atoms with Crippen LogP contribution in [-0.4, -0.2) is 55.1 Å². The fraction of sp³-hybridized carbons (Fsp3) is 0.306. The molecule has 0 unspecified atom stereocenters. The summed E-state index contributed by atoms with van der Waals surface area (Å²) >= 11 is 0. The number of hydrogen-bond donors (Lipinski definition) is 1. The van der Waals surface area contributed by atoms with Crippen molar-refractivity contribution in [3.8, 4) is 23.0 Å². The summed E-state index contributed by atoms with van der Waals surface area (Å²) in [6, 6.07) is 32.5. The first-order chi connectivity index (χ1) is 21.1. The maximum Gasteiger partial charge on any atom is 0.240 e. The van der Waals surface area contributed by atoms with Gasteiger partial charge >= 0.3 is 0 Å². The Morgan fingerprint density at radius 2 is 1.49 bits per heavy atom. The van der Waals surface area contributed by atoms with E-state index in [1.165, 1.54) is 11.1 Å². The summed E-state index contributed by atoms with van der Waals surface area (Å²) in [7, 11) is 3.31. The average molecular weight is 578 g/mol. The molecule has 2 aliphatic rings. The zero-order valence-corrected chi connectivity index (χ0v) is 24.9. The number of methoxy groups -OCH3 is 2.